The van der Waals surface area contributed by atoms with Gasteiger partial charge in [0, 0.05) is 53.4 Å². The summed E-state index contributed by atoms with van der Waals surface area (Å²) in [6.07, 6.45) is 8.34. The summed E-state index contributed by atoms with van der Waals surface area (Å²) >= 11 is 0. The lowest BCUT2D eigenvalue weighted by molar-refractivity contribution is 0.0283. The molecule has 212 valence electrons. The molecule has 10 heteroatoms. The molecule has 5 heterocycles. The third kappa shape index (κ3) is 6.15. The van der Waals surface area contributed by atoms with E-state index in [0.717, 1.165) is 54.1 Å². The number of hydrogen-bond acceptors (Lipinski definition) is 8. The molecule has 41 heavy (non-hydrogen) atoms. The fourth-order valence-corrected chi connectivity index (χ4v) is 5.04. The van der Waals surface area contributed by atoms with Gasteiger partial charge >= 0.3 is 0 Å². The van der Waals surface area contributed by atoms with E-state index < -0.39 is 5.60 Å². The normalized spacial score (nSPS) is 15.0. The van der Waals surface area contributed by atoms with Crippen molar-refractivity contribution in [3.8, 4) is 22.9 Å². The van der Waals surface area contributed by atoms with Crippen LogP contribution in [-0.2, 0) is 0 Å². The molecule has 0 spiro atoms. The predicted molar refractivity (Wildman–Crippen MR) is 156 cm³/mol. The van der Waals surface area contributed by atoms with Gasteiger partial charge in [0.05, 0.1) is 29.1 Å². The Morgan fingerprint density at radius 2 is 1.93 bits per heavy atom. The minimum atomic E-state index is -0.995. The van der Waals surface area contributed by atoms with E-state index in [9.17, 15) is 15.2 Å². The molecule has 0 atom stereocenters. The Balaban J connectivity index is 1.32. The van der Waals surface area contributed by atoms with Gasteiger partial charge in [-0.1, -0.05) is 0 Å². The molecule has 1 aliphatic rings. The second-order valence-corrected chi connectivity index (χ2v) is 11.7. The highest BCUT2D eigenvalue weighted by molar-refractivity contribution is 5.96. The lowest BCUT2D eigenvalue weighted by atomic mass is 9.89. The van der Waals surface area contributed by atoms with Crippen molar-refractivity contribution in [1.29, 1.82) is 5.26 Å². The van der Waals surface area contributed by atoms with Crippen LogP contribution in [0, 0.1) is 25.2 Å². The number of rotatable bonds is 7. The number of aliphatic hydroxyl groups is 1. The molecule has 4 aromatic rings. The van der Waals surface area contributed by atoms with E-state index >= 15 is 0 Å². The van der Waals surface area contributed by atoms with Crippen LogP contribution in [0.3, 0.4) is 0 Å². The van der Waals surface area contributed by atoms with Crippen LogP contribution in [0.25, 0.3) is 16.6 Å². The molecule has 1 aliphatic heterocycles. The summed E-state index contributed by atoms with van der Waals surface area (Å²) in [6, 6.07) is 9.85. The number of anilines is 1. The van der Waals surface area contributed by atoms with Crippen molar-refractivity contribution in [3.05, 3.63) is 71.4 Å². The van der Waals surface area contributed by atoms with Crippen LogP contribution in [0.15, 0.2) is 49.1 Å². The fourth-order valence-electron chi connectivity index (χ4n) is 5.04. The van der Waals surface area contributed by atoms with Crippen molar-refractivity contribution in [1.82, 2.24) is 24.9 Å². The number of nitrogens with zero attached hydrogens (tertiary/aromatic N) is 6. The molecule has 5 rings (SSSR count). The Morgan fingerprint density at radius 1 is 1.17 bits per heavy atom. The Labute approximate surface area is 239 Å². The minimum Gasteiger partial charge on any atom is -0.489 e. The minimum absolute atomic E-state index is 0.0666. The number of nitriles is 1. The molecular formula is C31H35N7O3. The number of piperidine rings is 1. The predicted octanol–water partition coefficient (Wildman–Crippen LogP) is 4.22. The summed E-state index contributed by atoms with van der Waals surface area (Å²) in [4.78, 5) is 24.3. The van der Waals surface area contributed by atoms with E-state index in [1.807, 2.05) is 38.1 Å². The van der Waals surface area contributed by atoms with Gasteiger partial charge < -0.3 is 20.1 Å². The number of carbonyl (C=O) groups is 1. The van der Waals surface area contributed by atoms with Crippen LogP contribution in [0.5, 0.6) is 5.75 Å². The monoisotopic (exact) mass is 553 g/mol. The maximum Gasteiger partial charge on any atom is 0.252 e. The Hall–Kier alpha value is -4.49. The van der Waals surface area contributed by atoms with Crippen molar-refractivity contribution < 1.29 is 14.6 Å². The van der Waals surface area contributed by atoms with Gasteiger partial charge in [-0.15, -0.1) is 0 Å². The van der Waals surface area contributed by atoms with E-state index in [4.69, 9.17) is 9.72 Å². The van der Waals surface area contributed by atoms with Crippen LogP contribution >= 0.6 is 0 Å². The molecule has 1 saturated heterocycles. The van der Waals surface area contributed by atoms with Crippen molar-refractivity contribution in [2.45, 2.75) is 58.6 Å². The zero-order valence-corrected chi connectivity index (χ0v) is 24.1. The number of aryl methyl sites for hydroxylation is 2. The first-order valence-corrected chi connectivity index (χ1v) is 13.7. The number of ether oxygens (including phenoxy) is 1. The summed E-state index contributed by atoms with van der Waals surface area (Å²) < 4.78 is 7.46. The average Bonchev–Trinajstić information content (AvgIpc) is 3.36. The number of hydrogen-bond donors (Lipinski definition) is 2. The number of fused-ring (bicyclic) bond motifs is 1. The van der Waals surface area contributed by atoms with Crippen LogP contribution in [0.1, 0.15) is 60.8 Å². The highest BCUT2D eigenvalue weighted by Crippen LogP contribution is 2.32. The highest BCUT2D eigenvalue weighted by Gasteiger charge is 2.32. The lowest BCUT2D eigenvalue weighted by Crippen LogP contribution is -2.53. The molecule has 10 nitrogen and oxygen atoms in total. The van der Waals surface area contributed by atoms with Crippen molar-refractivity contribution in [2.75, 3.05) is 24.6 Å². The van der Waals surface area contributed by atoms with Crippen molar-refractivity contribution >= 4 is 17.2 Å². The molecule has 0 unspecified atom stereocenters. The number of nitrogens with one attached hydrogen (secondary N) is 1. The molecule has 2 N–H and O–H groups in total. The average molecular weight is 554 g/mol. The van der Waals surface area contributed by atoms with Gasteiger partial charge in [0.1, 0.15) is 24.2 Å². The molecule has 0 aliphatic carbocycles. The Kier molecular flexibility index (Phi) is 7.41. The molecular weight excluding hydrogens is 518 g/mol. The SMILES string of the molecule is Cc1cc(C(=O)NC2(C)CCN(c3ccc(-c4cc(OCC(C)(C)O)cn5ncc(C#N)c45)cn3)CC2)c(C)cn1. The summed E-state index contributed by atoms with van der Waals surface area (Å²) in [5.41, 5.74) is 3.74. The van der Waals surface area contributed by atoms with Gasteiger partial charge in [-0.2, -0.15) is 10.4 Å². The van der Waals surface area contributed by atoms with E-state index in [-0.39, 0.29) is 18.1 Å². The van der Waals surface area contributed by atoms with Crippen molar-refractivity contribution in [2.24, 2.45) is 0 Å². The van der Waals surface area contributed by atoms with Crippen molar-refractivity contribution in [3.63, 3.8) is 0 Å². The quantitative estimate of drug-likeness (QED) is 0.348. The van der Waals surface area contributed by atoms with Crippen LogP contribution in [0.2, 0.25) is 0 Å². The standard InChI is InChI=1S/C31H35N7O3/c1-20-15-33-21(2)12-25(20)29(39)36-31(5)8-10-37(11-9-31)27-7-6-22(16-34-27)26-13-24(41-19-30(3,4)40)18-38-28(26)23(14-32)17-35-38/h6-7,12-13,15-18,40H,8-11,19H2,1-5H3,(H,36,39). The van der Waals surface area contributed by atoms with Gasteiger partial charge in [0.25, 0.3) is 5.91 Å². The number of pyridine rings is 3. The molecule has 0 radical (unpaired) electrons. The third-order valence-corrected chi connectivity index (χ3v) is 7.45. The first-order valence-electron chi connectivity index (χ1n) is 13.7. The van der Waals surface area contributed by atoms with Gasteiger partial charge in [-0.05, 0) is 77.3 Å². The zero-order chi connectivity index (χ0) is 29.4. The fraction of sp³-hybridized carbons (Fsp3) is 0.387. The molecule has 1 fully saturated rings. The van der Waals surface area contributed by atoms with Crippen LogP contribution < -0.4 is 15.0 Å². The van der Waals surface area contributed by atoms with Gasteiger partial charge in [0.2, 0.25) is 0 Å². The van der Waals surface area contributed by atoms with E-state index in [1.165, 1.54) is 6.20 Å². The number of aromatic nitrogens is 4. The molecule has 4 aromatic heterocycles. The topological polar surface area (TPSA) is 129 Å². The smallest absolute Gasteiger partial charge is 0.252 e. The summed E-state index contributed by atoms with van der Waals surface area (Å²) in [6.45, 7) is 10.9. The number of carbonyl (C=O) groups excluding carboxylic acids is 1. The Bertz CT molecular complexity index is 1620. The second-order valence-electron chi connectivity index (χ2n) is 11.7. The van der Waals surface area contributed by atoms with E-state index in [2.05, 4.69) is 33.3 Å². The highest BCUT2D eigenvalue weighted by atomic mass is 16.5. The van der Waals surface area contributed by atoms with Gasteiger partial charge in [0.15, 0.2) is 0 Å². The summed E-state index contributed by atoms with van der Waals surface area (Å²) in [5.74, 6) is 1.31. The maximum atomic E-state index is 13.0. The molecule has 0 aromatic carbocycles. The first-order chi connectivity index (χ1) is 19.4. The lowest BCUT2D eigenvalue weighted by Gasteiger charge is -2.40. The zero-order valence-electron chi connectivity index (χ0n) is 24.1. The van der Waals surface area contributed by atoms with Gasteiger partial charge in [-0.25, -0.2) is 9.50 Å². The van der Waals surface area contributed by atoms with Gasteiger partial charge in [-0.3, -0.25) is 9.78 Å². The number of amides is 1. The van der Waals surface area contributed by atoms with Crippen LogP contribution in [-0.4, -0.2) is 61.4 Å². The molecule has 1 amide bonds. The third-order valence-electron chi connectivity index (χ3n) is 7.45. The molecule has 0 saturated carbocycles. The largest absolute Gasteiger partial charge is 0.489 e. The molecule has 0 bridgehead atoms. The first kappa shape index (κ1) is 28.1. The van der Waals surface area contributed by atoms with E-state index in [0.29, 0.717) is 22.4 Å². The summed E-state index contributed by atoms with van der Waals surface area (Å²) in [7, 11) is 0. The Morgan fingerprint density at radius 3 is 2.59 bits per heavy atom. The van der Waals surface area contributed by atoms with Crippen LogP contribution in [0.4, 0.5) is 5.82 Å². The maximum absolute atomic E-state index is 13.0. The van der Waals surface area contributed by atoms with E-state index in [1.54, 1.807) is 37.0 Å². The summed E-state index contributed by atoms with van der Waals surface area (Å²) in [5, 5.41) is 27.3. The second kappa shape index (κ2) is 10.8.